The molecular formula is C18H17NO2. The predicted octanol–water partition coefficient (Wildman–Crippen LogP) is 4.46. The number of aldehydes is 1. The van der Waals surface area contributed by atoms with Crippen molar-refractivity contribution in [2.75, 3.05) is 0 Å². The van der Waals surface area contributed by atoms with Crippen molar-refractivity contribution in [3.05, 3.63) is 59.2 Å². The minimum absolute atomic E-state index is 0.0853. The smallest absolute Gasteiger partial charge is 0.150 e. The van der Waals surface area contributed by atoms with Gasteiger partial charge in [0.15, 0.2) is 0 Å². The number of nitriles is 1. The summed E-state index contributed by atoms with van der Waals surface area (Å²) in [5, 5.41) is 9.12. The molecule has 3 nitrogen and oxygen atoms in total. The van der Waals surface area contributed by atoms with Gasteiger partial charge in [0.25, 0.3) is 0 Å². The van der Waals surface area contributed by atoms with Crippen LogP contribution in [-0.4, -0.2) is 6.29 Å². The minimum Gasteiger partial charge on any atom is -0.456 e. The number of nitrogens with zero attached hydrogens (tertiary/aromatic N) is 1. The van der Waals surface area contributed by atoms with Crippen molar-refractivity contribution in [1.82, 2.24) is 0 Å². The van der Waals surface area contributed by atoms with Crippen LogP contribution in [0.2, 0.25) is 0 Å². The molecule has 2 aromatic rings. The lowest BCUT2D eigenvalue weighted by Crippen LogP contribution is -2.10. The van der Waals surface area contributed by atoms with Crippen LogP contribution < -0.4 is 4.74 Å². The van der Waals surface area contributed by atoms with Crippen molar-refractivity contribution >= 4 is 6.29 Å². The van der Waals surface area contributed by atoms with Gasteiger partial charge in [0, 0.05) is 5.56 Å². The second-order valence-corrected chi connectivity index (χ2v) is 5.86. The summed E-state index contributed by atoms with van der Waals surface area (Å²) in [5.74, 6) is 1.12. The lowest BCUT2D eigenvalue weighted by atomic mass is 9.87. The summed E-state index contributed by atoms with van der Waals surface area (Å²) in [6.45, 7) is 6.44. The van der Waals surface area contributed by atoms with Gasteiger partial charge in [-0.15, -0.1) is 0 Å². The molecule has 0 heterocycles. The van der Waals surface area contributed by atoms with Gasteiger partial charge in [0.1, 0.15) is 23.9 Å². The zero-order valence-electron chi connectivity index (χ0n) is 12.4. The minimum atomic E-state index is 0.0853. The van der Waals surface area contributed by atoms with E-state index in [2.05, 4.69) is 20.8 Å². The molecule has 0 saturated carbocycles. The fourth-order valence-electron chi connectivity index (χ4n) is 1.95. The van der Waals surface area contributed by atoms with Gasteiger partial charge < -0.3 is 4.74 Å². The Kier molecular flexibility index (Phi) is 4.09. The van der Waals surface area contributed by atoms with Crippen LogP contribution >= 0.6 is 0 Å². The number of ether oxygens (including phenoxy) is 1. The van der Waals surface area contributed by atoms with E-state index in [1.807, 2.05) is 30.3 Å². The molecule has 2 aromatic carbocycles. The molecule has 3 heteroatoms. The van der Waals surface area contributed by atoms with Gasteiger partial charge in [-0.3, -0.25) is 4.79 Å². The molecule has 0 aliphatic rings. The molecule has 21 heavy (non-hydrogen) atoms. The third kappa shape index (κ3) is 3.49. The summed E-state index contributed by atoms with van der Waals surface area (Å²) >= 11 is 0. The van der Waals surface area contributed by atoms with Crippen molar-refractivity contribution in [2.24, 2.45) is 0 Å². The van der Waals surface area contributed by atoms with Crippen LogP contribution in [0.3, 0.4) is 0 Å². The van der Waals surface area contributed by atoms with Gasteiger partial charge in [-0.2, -0.15) is 5.26 Å². The van der Waals surface area contributed by atoms with Crippen LogP contribution in [0.5, 0.6) is 11.5 Å². The summed E-state index contributed by atoms with van der Waals surface area (Å²) in [6, 6.07) is 14.6. The molecule has 0 amide bonds. The number of hydrogen-bond acceptors (Lipinski definition) is 3. The average molecular weight is 279 g/mol. The highest BCUT2D eigenvalue weighted by molar-refractivity contribution is 5.76. The Bertz CT molecular complexity index is 689. The van der Waals surface area contributed by atoms with Crippen LogP contribution in [0, 0.1) is 11.3 Å². The molecule has 106 valence electrons. The fourth-order valence-corrected chi connectivity index (χ4v) is 1.95. The predicted molar refractivity (Wildman–Crippen MR) is 81.8 cm³/mol. The van der Waals surface area contributed by atoms with Crippen molar-refractivity contribution in [3.8, 4) is 17.6 Å². The Labute approximate surface area is 124 Å². The third-order valence-electron chi connectivity index (χ3n) is 3.21. The van der Waals surface area contributed by atoms with Gasteiger partial charge in [0.05, 0.1) is 5.56 Å². The molecule has 2 rings (SSSR count). The molecule has 0 spiro atoms. The first-order chi connectivity index (χ1) is 9.94. The molecule has 0 fully saturated rings. The van der Waals surface area contributed by atoms with Crippen molar-refractivity contribution < 1.29 is 9.53 Å². The first-order valence-electron chi connectivity index (χ1n) is 6.72. The summed E-state index contributed by atoms with van der Waals surface area (Å²) < 4.78 is 5.73. The van der Waals surface area contributed by atoms with E-state index in [1.165, 1.54) is 11.6 Å². The van der Waals surface area contributed by atoms with E-state index in [0.29, 0.717) is 28.9 Å². The maximum atomic E-state index is 10.7. The summed E-state index contributed by atoms with van der Waals surface area (Å²) in [4.78, 5) is 10.7. The Balaban J connectivity index is 2.26. The van der Waals surface area contributed by atoms with Crippen molar-refractivity contribution in [2.45, 2.75) is 26.2 Å². The molecule has 0 aliphatic heterocycles. The van der Waals surface area contributed by atoms with Crippen LogP contribution in [-0.2, 0) is 5.41 Å². The first-order valence-corrected chi connectivity index (χ1v) is 6.72. The molecule has 0 atom stereocenters. The number of carbonyl (C=O) groups is 1. The van der Waals surface area contributed by atoms with Crippen LogP contribution in [0.15, 0.2) is 42.5 Å². The van der Waals surface area contributed by atoms with E-state index in [0.717, 1.165) is 0 Å². The molecule has 0 aromatic heterocycles. The number of hydrogen-bond donors (Lipinski definition) is 0. The van der Waals surface area contributed by atoms with Gasteiger partial charge in [-0.25, -0.2) is 0 Å². The first kappa shape index (κ1) is 14.8. The summed E-state index contributed by atoms with van der Waals surface area (Å²) in [7, 11) is 0. The van der Waals surface area contributed by atoms with Crippen LogP contribution in [0.25, 0.3) is 0 Å². The summed E-state index contributed by atoms with van der Waals surface area (Å²) in [5.41, 5.74) is 2.11. The molecule has 0 saturated heterocycles. The zero-order chi connectivity index (χ0) is 15.5. The maximum Gasteiger partial charge on any atom is 0.150 e. The van der Waals surface area contributed by atoms with E-state index >= 15 is 0 Å². The Hall–Kier alpha value is -2.60. The fraction of sp³-hybridized carbons (Fsp3) is 0.222. The maximum absolute atomic E-state index is 10.7. The van der Waals surface area contributed by atoms with Crippen LogP contribution in [0.1, 0.15) is 42.3 Å². The SMILES string of the molecule is CC(C)(C)c1ccc(Oc2ccc(C=O)cc2C#N)cc1. The second-order valence-electron chi connectivity index (χ2n) is 5.86. The Morgan fingerprint density at radius 1 is 1.10 bits per heavy atom. The lowest BCUT2D eigenvalue weighted by molar-refractivity contribution is 0.112. The summed E-state index contributed by atoms with van der Waals surface area (Å²) in [6.07, 6.45) is 0.711. The highest BCUT2D eigenvalue weighted by Gasteiger charge is 2.13. The van der Waals surface area contributed by atoms with E-state index in [4.69, 9.17) is 10.00 Å². The molecule has 0 unspecified atom stereocenters. The largest absolute Gasteiger partial charge is 0.456 e. The topological polar surface area (TPSA) is 50.1 Å². The monoisotopic (exact) mass is 279 g/mol. The Morgan fingerprint density at radius 3 is 2.29 bits per heavy atom. The standard InChI is InChI=1S/C18H17NO2/c1-18(2,3)15-5-7-16(8-6-15)21-17-9-4-13(12-20)10-14(17)11-19/h4-10,12H,1-3H3. The second kappa shape index (κ2) is 5.80. The molecule has 0 N–H and O–H groups in total. The number of benzene rings is 2. The lowest BCUT2D eigenvalue weighted by Gasteiger charge is -2.19. The zero-order valence-corrected chi connectivity index (χ0v) is 12.4. The molecular weight excluding hydrogens is 262 g/mol. The molecule has 0 bridgehead atoms. The highest BCUT2D eigenvalue weighted by atomic mass is 16.5. The van der Waals surface area contributed by atoms with E-state index in [-0.39, 0.29) is 5.41 Å². The number of carbonyl (C=O) groups excluding carboxylic acids is 1. The number of rotatable bonds is 3. The van der Waals surface area contributed by atoms with E-state index in [1.54, 1.807) is 12.1 Å². The van der Waals surface area contributed by atoms with E-state index in [9.17, 15) is 4.79 Å². The normalized spacial score (nSPS) is 10.8. The quantitative estimate of drug-likeness (QED) is 0.779. The van der Waals surface area contributed by atoms with Gasteiger partial charge in [-0.1, -0.05) is 32.9 Å². The molecule has 0 radical (unpaired) electrons. The average Bonchev–Trinajstić information content (AvgIpc) is 2.47. The van der Waals surface area contributed by atoms with Crippen molar-refractivity contribution in [3.63, 3.8) is 0 Å². The van der Waals surface area contributed by atoms with Gasteiger partial charge in [-0.05, 0) is 41.3 Å². The van der Waals surface area contributed by atoms with Gasteiger partial charge in [0.2, 0.25) is 0 Å². The van der Waals surface area contributed by atoms with Crippen LogP contribution in [0.4, 0.5) is 0 Å². The van der Waals surface area contributed by atoms with E-state index < -0.39 is 0 Å². The van der Waals surface area contributed by atoms with Gasteiger partial charge >= 0.3 is 0 Å². The third-order valence-corrected chi connectivity index (χ3v) is 3.21. The highest BCUT2D eigenvalue weighted by Crippen LogP contribution is 2.28. The molecule has 0 aliphatic carbocycles. The van der Waals surface area contributed by atoms with Crippen molar-refractivity contribution in [1.29, 1.82) is 5.26 Å². The Morgan fingerprint density at radius 2 is 1.76 bits per heavy atom.